The van der Waals surface area contributed by atoms with E-state index in [-0.39, 0.29) is 33.7 Å². The van der Waals surface area contributed by atoms with Crippen molar-refractivity contribution < 1.29 is 17.9 Å². The lowest BCUT2D eigenvalue weighted by atomic mass is 9.98. The summed E-state index contributed by atoms with van der Waals surface area (Å²) < 4.78 is 47.6. The molecule has 0 atom stereocenters. The second-order valence-corrected chi connectivity index (χ2v) is 6.16. The first-order valence-corrected chi connectivity index (χ1v) is 8.41. The van der Waals surface area contributed by atoms with Gasteiger partial charge in [0.1, 0.15) is 12.4 Å². The molecule has 28 heavy (non-hydrogen) atoms. The van der Waals surface area contributed by atoms with E-state index in [9.17, 15) is 13.2 Å². The van der Waals surface area contributed by atoms with E-state index >= 15 is 0 Å². The van der Waals surface area contributed by atoms with Crippen LogP contribution in [-0.2, 0) is 6.18 Å². The van der Waals surface area contributed by atoms with Gasteiger partial charge in [0.25, 0.3) is 0 Å². The summed E-state index contributed by atoms with van der Waals surface area (Å²) in [4.78, 5) is 3.68. The molecule has 0 spiro atoms. The second kappa shape index (κ2) is 7.56. The third-order valence-corrected chi connectivity index (χ3v) is 4.10. The average molecular weight is 413 g/mol. The van der Waals surface area contributed by atoms with Crippen LogP contribution in [0.4, 0.5) is 25.1 Å². The van der Waals surface area contributed by atoms with E-state index in [0.29, 0.717) is 18.9 Å². The van der Waals surface area contributed by atoms with Gasteiger partial charge in [-0.2, -0.15) is 22.8 Å². The molecule has 6 N–H and O–H groups in total. The Hall–Kier alpha value is -2.98. The topological polar surface area (TPSA) is 118 Å². The van der Waals surface area contributed by atoms with E-state index in [1.807, 2.05) is 0 Å². The van der Waals surface area contributed by atoms with Crippen molar-refractivity contribution in [2.24, 2.45) is 5.73 Å². The van der Waals surface area contributed by atoms with Crippen molar-refractivity contribution >= 4 is 23.5 Å². The van der Waals surface area contributed by atoms with E-state index < -0.39 is 11.7 Å². The first-order valence-electron chi connectivity index (χ1n) is 8.03. The van der Waals surface area contributed by atoms with Crippen molar-refractivity contribution in [1.29, 1.82) is 0 Å². The Bertz CT molecular complexity index is 988. The number of ether oxygens (including phenoxy) is 1. The van der Waals surface area contributed by atoms with Crippen LogP contribution in [0.25, 0.3) is 16.8 Å². The number of alkyl halides is 3. The van der Waals surface area contributed by atoms with Gasteiger partial charge < -0.3 is 21.9 Å². The van der Waals surface area contributed by atoms with Crippen molar-refractivity contribution in [3.8, 4) is 22.6 Å². The molecule has 0 aliphatic heterocycles. The lowest BCUT2D eigenvalue weighted by Gasteiger charge is -2.17. The van der Waals surface area contributed by atoms with E-state index in [1.165, 1.54) is 18.2 Å². The molecule has 0 saturated carbocycles. The van der Waals surface area contributed by atoms with Gasteiger partial charge >= 0.3 is 6.18 Å². The predicted octanol–water partition coefficient (Wildman–Crippen LogP) is 3.11. The van der Waals surface area contributed by atoms with Crippen LogP contribution in [0.5, 0.6) is 5.75 Å². The molecule has 0 saturated heterocycles. The Balaban J connectivity index is 2.12. The highest BCUT2D eigenvalue weighted by molar-refractivity contribution is 6.33. The molecule has 148 valence electrons. The summed E-state index contributed by atoms with van der Waals surface area (Å²) in [6.45, 7) is 0.619. The van der Waals surface area contributed by atoms with Gasteiger partial charge in [0.15, 0.2) is 0 Å². The van der Waals surface area contributed by atoms with Crippen LogP contribution in [0.2, 0.25) is 5.02 Å². The number of aromatic nitrogens is 3. The number of hydrogen-bond acceptors (Lipinski definition) is 6. The summed E-state index contributed by atoms with van der Waals surface area (Å²) in [7, 11) is 0. The van der Waals surface area contributed by atoms with Crippen molar-refractivity contribution in [3.63, 3.8) is 0 Å². The smallest absolute Gasteiger partial charge is 0.417 e. The van der Waals surface area contributed by atoms with Crippen molar-refractivity contribution in [2.75, 3.05) is 24.6 Å². The highest BCUT2D eigenvalue weighted by Gasteiger charge is 2.35. The predicted molar refractivity (Wildman–Crippen MR) is 100 cm³/mol. The normalized spacial score (nSPS) is 11.6. The zero-order valence-electron chi connectivity index (χ0n) is 14.4. The van der Waals surface area contributed by atoms with Gasteiger partial charge in [-0.15, -0.1) is 5.10 Å². The zero-order chi connectivity index (χ0) is 20.5. The number of anilines is 2. The zero-order valence-corrected chi connectivity index (χ0v) is 15.1. The number of nitrogens with two attached hydrogens (primary N) is 3. The molecule has 11 heteroatoms. The summed E-state index contributed by atoms with van der Waals surface area (Å²) in [5, 5.41) is 3.66. The quantitative estimate of drug-likeness (QED) is 0.592. The van der Waals surface area contributed by atoms with Gasteiger partial charge in [0.2, 0.25) is 11.9 Å². The van der Waals surface area contributed by atoms with Gasteiger partial charge in [-0.05, 0) is 29.8 Å². The third kappa shape index (κ3) is 3.97. The van der Waals surface area contributed by atoms with Gasteiger partial charge in [0.05, 0.1) is 16.3 Å². The molecule has 0 aliphatic rings. The molecule has 1 heterocycles. The third-order valence-electron chi connectivity index (χ3n) is 3.80. The van der Waals surface area contributed by atoms with E-state index in [2.05, 4.69) is 10.1 Å². The van der Waals surface area contributed by atoms with Crippen LogP contribution < -0.4 is 21.9 Å². The number of nitrogen functional groups attached to an aromatic ring is 2. The van der Waals surface area contributed by atoms with Crippen molar-refractivity contribution in [2.45, 2.75) is 6.18 Å². The Morgan fingerprint density at radius 2 is 1.79 bits per heavy atom. The second-order valence-electron chi connectivity index (χ2n) is 5.75. The van der Waals surface area contributed by atoms with Gasteiger partial charge in [0, 0.05) is 12.1 Å². The summed E-state index contributed by atoms with van der Waals surface area (Å²) in [6, 6.07) is 8.28. The first kappa shape index (κ1) is 19.8. The molecular weight excluding hydrogens is 397 g/mol. The van der Waals surface area contributed by atoms with Crippen LogP contribution in [0.3, 0.4) is 0 Å². The van der Waals surface area contributed by atoms with Crippen LogP contribution >= 0.6 is 11.6 Å². The molecule has 0 unspecified atom stereocenters. The molecule has 1 aromatic heterocycles. The van der Waals surface area contributed by atoms with Gasteiger partial charge in [-0.25, -0.2) is 0 Å². The van der Waals surface area contributed by atoms with E-state index in [1.54, 1.807) is 12.1 Å². The monoisotopic (exact) mass is 412 g/mol. The molecule has 2 aromatic carbocycles. The fourth-order valence-electron chi connectivity index (χ4n) is 2.66. The maximum absolute atomic E-state index is 13.8. The minimum Gasteiger partial charge on any atom is -0.492 e. The summed E-state index contributed by atoms with van der Waals surface area (Å²) >= 11 is 6.23. The lowest BCUT2D eigenvalue weighted by Crippen LogP contribution is -2.11. The van der Waals surface area contributed by atoms with Crippen molar-refractivity contribution in [3.05, 3.63) is 47.0 Å². The fourth-order valence-corrected chi connectivity index (χ4v) is 2.98. The van der Waals surface area contributed by atoms with Crippen molar-refractivity contribution in [1.82, 2.24) is 14.8 Å². The number of hydrogen-bond donors (Lipinski definition) is 3. The fraction of sp³-hybridized carbons (Fsp3) is 0.176. The highest BCUT2D eigenvalue weighted by atomic mass is 35.5. The molecule has 7 nitrogen and oxygen atoms in total. The summed E-state index contributed by atoms with van der Waals surface area (Å²) in [5.74, 6) is 0.163. The lowest BCUT2D eigenvalue weighted by molar-refractivity contribution is -0.137. The summed E-state index contributed by atoms with van der Waals surface area (Å²) in [5.41, 5.74) is 15.6. The largest absolute Gasteiger partial charge is 0.492 e. The molecule has 0 aliphatic carbocycles. The Kier molecular flexibility index (Phi) is 5.34. The molecule has 3 rings (SSSR count). The van der Waals surface area contributed by atoms with Gasteiger partial charge in [-0.3, -0.25) is 0 Å². The van der Waals surface area contributed by atoms with E-state index in [4.69, 9.17) is 33.5 Å². The Morgan fingerprint density at radius 1 is 1.11 bits per heavy atom. The molecule has 0 radical (unpaired) electrons. The van der Waals surface area contributed by atoms with Gasteiger partial charge in [-0.1, -0.05) is 23.7 Å². The minimum atomic E-state index is -4.68. The minimum absolute atomic E-state index is 0.00863. The van der Waals surface area contributed by atoms with E-state index in [0.717, 1.165) is 10.7 Å². The number of rotatable bonds is 5. The maximum atomic E-state index is 13.8. The standard InChI is InChI=1S/C17H16ClF3N6O/c18-13-8-10(27-16(24)25-15(23)26-27)7-12(17(19,20)21)14(13)9-1-3-11(4-2-9)28-6-5-22/h1-4,7-8H,5-6,22H2,(H4,23,24,25,26). The molecular formula is C17H16ClF3N6O. The number of nitrogens with zero attached hydrogens (tertiary/aromatic N) is 3. The summed E-state index contributed by atoms with van der Waals surface area (Å²) in [6.07, 6.45) is -4.68. The van der Waals surface area contributed by atoms with Crippen LogP contribution in [0, 0.1) is 0 Å². The van der Waals surface area contributed by atoms with Crippen LogP contribution in [0.1, 0.15) is 5.56 Å². The van der Waals surface area contributed by atoms with Crippen LogP contribution in [-0.4, -0.2) is 27.9 Å². The molecule has 0 fully saturated rings. The Morgan fingerprint density at radius 3 is 2.32 bits per heavy atom. The highest BCUT2D eigenvalue weighted by Crippen LogP contribution is 2.42. The SMILES string of the molecule is NCCOc1ccc(-c2c(Cl)cc(-n3nc(N)nc3N)cc2C(F)(F)F)cc1. The molecule has 0 amide bonds. The Labute approximate surface area is 162 Å². The molecule has 3 aromatic rings. The molecule has 0 bridgehead atoms. The van der Waals surface area contributed by atoms with Crippen LogP contribution in [0.15, 0.2) is 36.4 Å². The maximum Gasteiger partial charge on any atom is 0.417 e. The number of benzene rings is 2. The first-order chi connectivity index (χ1) is 13.2. The number of halogens is 4. The average Bonchev–Trinajstić information content (AvgIpc) is 2.97.